The highest BCUT2D eigenvalue weighted by molar-refractivity contribution is 4.92. The molecule has 3 atom stereocenters. The summed E-state index contributed by atoms with van der Waals surface area (Å²) in [4.78, 5) is 0. The Morgan fingerprint density at radius 1 is 1.70 bits per heavy atom. The van der Waals surface area contributed by atoms with E-state index in [0.717, 1.165) is 0 Å². The summed E-state index contributed by atoms with van der Waals surface area (Å²) < 4.78 is 5.05. The van der Waals surface area contributed by atoms with E-state index in [-0.39, 0.29) is 12.5 Å². The van der Waals surface area contributed by atoms with Gasteiger partial charge in [-0.3, -0.25) is 0 Å². The van der Waals surface area contributed by atoms with Crippen LogP contribution in [0.2, 0.25) is 0 Å². The Balaban J connectivity index is 2.48. The number of aliphatic hydroxyl groups excluding tert-OH is 2. The molecule has 2 N–H and O–H groups in total. The molecule has 0 amide bonds. The van der Waals surface area contributed by atoms with Gasteiger partial charge in [-0.1, -0.05) is 6.08 Å². The zero-order chi connectivity index (χ0) is 7.56. The highest BCUT2D eigenvalue weighted by Gasteiger charge is 2.32. The molecule has 0 spiro atoms. The zero-order valence-electron chi connectivity index (χ0n) is 5.73. The van der Waals surface area contributed by atoms with E-state index in [4.69, 9.17) is 9.84 Å². The molecule has 0 aliphatic carbocycles. The average molecular weight is 144 g/mol. The summed E-state index contributed by atoms with van der Waals surface area (Å²) in [5.74, 6) is -0.0165. The van der Waals surface area contributed by atoms with Crippen molar-refractivity contribution >= 4 is 0 Å². The fraction of sp³-hybridized carbons (Fsp3) is 0.714. The summed E-state index contributed by atoms with van der Waals surface area (Å²) >= 11 is 0. The van der Waals surface area contributed by atoms with Gasteiger partial charge < -0.3 is 14.9 Å². The molecule has 3 heteroatoms. The number of aliphatic hydroxyl groups is 2. The van der Waals surface area contributed by atoms with Crippen molar-refractivity contribution in [2.75, 3.05) is 13.2 Å². The summed E-state index contributed by atoms with van der Waals surface area (Å²) in [6, 6.07) is 0. The quantitative estimate of drug-likeness (QED) is 0.516. The molecule has 0 aromatic rings. The molecular formula is C7H12O3. The van der Waals surface area contributed by atoms with Crippen LogP contribution in [0.1, 0.15) is 0 Å². The first kappa shape index (κ1) is 7.72. The fourth-order valence-electron chi connectivity index (χ4n) is 1.08. The van der Waals surface area contributed by atoms with Gasteiger partial charge in [0.2, 0.25) is 0 Å². The van der Waals surface area contributed by atoms with E-state index in [2.05, 4.69) is 6.58 Å². The molecule has 10 heavy (non-hydrogen) atoms. The summed E-state index contributed by atoms with van der Waals surface area (Å²) in [5.41, 5.74) is 0. The Kier molecular flexibility index (Phi) is 2.43. The molecule has 58 valence electrons. The molecule has 0 radical (unpaired) electrons. The van der Waals surface area contributed by atoms with Gasteiger partial charge >= 0.3 is 0 Å². The van der Waals surface area contributed by atoms with Crippen LogP contribution in [0.5, 0.6) is 0 Å². The van der Waals surface area contributed by atoms with Gasteiger partial charge in [-0.2, -0.15) is 0 Å². The minimum absolute atomic E-state index is 0.0165. The van der Waals surface area contributed by atoms with Gasteiger partial charge in [-0.15, -0.1) is 6.58 Å². The molecule has 1 fully saturated rings. The van der Waals surface area contributed by atoms with Crippen molar-refractivity contribution < 1.29 is 14.9 Å². The molecule has 1 heterocycles. The van der Waals surface area contributed by atoms with Crippen LogP contribution in [0.25, 0.3) is 0 Å². The molecular weight excluding hydrogens is 132 g/mol. The Morgan fingerprint density at radius 3 is 2.70 bits per heavy atom. The van der Waals surface area contributed by atoms with E-state index in [1.54, 1.807) is 6.08 Å². The van der Waals surface area contributed by atoms with E-state index >= 15 is 0 Å². The number of hydrogen-bond acceptors (Lipinski definition) is 3. The maximum atomic E-state index is 9.29. The molecule has 1 saturated heterocycles. The second-order valence-electron chi connectivity index (χ2n) is 2.44. The summed E-state index contributed by atoms with van der Waals surface area (Å²) in [7, 11) is 0. The summed E-state index contributed by atoms with van der Waals surface area (Å²) in [6.07, 6.45) is 0.658. The van der Waals surface area contributed by atoms with Gasteiger partial charge in [-0.05, 0) is 0 Å². The second-order valence-corrected chi connectivity index (χ2v) is 2.44. The highest BCUT2D eigenvalue weighted by Crippen LogP contribution is 2.20. The molecule has 0 bridgehead atoms. The second kappa shape index (κ2) is 3.14. The molecule has 1 aliphatic heterocycles. The van der Waals surface area contributed by atoms with Crippen LogP contribution in [0.4, 0.5) is 0 Å². The predicted molar refractivity (Wildman–Crippen MR) is 36.5 cm³/mol. The third kappa shape index (κ3) is 1.21. The van der Waals surface area contributed by atoms with Gasteiger partial charge in [-0.25, -0.2) is 0 Å². The van der Waals surface area contributed by atoms with Crippen molar-refractivity contribution in [2.24, 2.45) is 5.92 Å². The van der Waals surface area contributed by atoms with E-state index in [0.29, 0.717) is 6.61 Å². The van der Waals surface area contributed by atoms with Crippen LogP contribution in [-0.4, -0.2) is 35.6 Å². The van der Waals surface area contributed by atoms with Crippen LogP contribution in [0.3, 0.4) is 0 Å². The maximum absolute atomic E-state index is 9.29. The van der Waals surface area contributed by atoms with Crippen LogP contribution >= 0.6 is 0 Å². The lowest BCUT2D eigenvalue weighted by molar-refractivity contribution is 0.00268. The molecule has 0 aromatic carbocycles. The lowest BCUT2D eigenvalue weighted by Gasteiger charge is -2.11. The van der Waals surface area contributed by atoms with Crippen molar-refractivity contribution in [2.45, 2.75) is 12.2 Å². The van der Waals surface area contributed by atoms with E-state index in [9.17, 15) is 5.11 Å². The average Bonchev–Trinajstić information content (AvgIpc) is 2.30. The summed E-state index contributed by atoms with van der Waals surface area (Å²) in [6.45, 7) is 3.89. The number of ether oxygens (including phenoxy) is 1. The standard InChI is InChI=1S/C7H12O3/c1-2-5-4-10-6(3-8)7(5)9/h2,5-9H,1,3-4H2. The van der Waals surface area contributed by atoms with Crippen LogP contribution in [0, 0.1) is 5.92 Å². The van der Waals surface area contributed by atoms with E-state index in [1.165, 1.54) is 0 Å². The lowest BCUT2D eigenvalue weighted by Crippen LogP contribution is -2.28. The van der Waals surface area contributed by atoms with Crippen LogP contribution in [-0.2, 0) is 4.74 Å². The largest absolute Gasteiger partial charge is 0.394 e. The maximum Gasteiger partial charge on any atom is 0.107 e. The van der Waals surface area contributed by atoms with Crippen molar-refractivity contribution in [1.82, 2.24) is 0 Å². The Morgan fingerprint density at radius 2 is 2.40 bits per heavy atom. The number of rotatable bonds is 2. The monoisotopic (exact) mass is 144 g/mol. The lowest BCUT2D eigenvalue weighted by atomic mass is 10.0. The first-order chi connectivity index (χ1) is 4.79. The number of hydrogen-bond donors (Lipinski definition) is 2. The minimum Gasteiger partial charge on any atom is -0.394 e. The van der Waals surface area contributed by atoms with E-state index < -0.39 is 12.2 Å². The van der Waals surface area contributed by atoms with Gasteiger partial charge in [0.05, 0.1) is 19.3 Å². The molecule has 1 aliphatic rings. The smallest absolute Gasteiger partial charge is 0.107 e. The van der Waals surface area contributed by atoms with Gasteiger partial charge in [0, 0.05) is 5.92 Å². The molecule has 1 rings (SSSR count). The topological polar surface area (TPSA) is 49.7 Å². The third-order valence-electron chi connectivity index (χ3n) is 1.81. The first-order valence-corrected chi connectivity index (χ1v) is 3.32. The van der Waals surface area contributed by atoms with Gasteiger partial charge in [0.1, 0.15) is 6.10 Å². The van der Waals surface area contributed by atoms with Crippen molar-refractivity contribution in [1.29, 1.82) is 0 Å². The molecule has 3 unspecified atom stereocenters. The van der Waals surface area contributed by atoms with Crippen LogP contribution in [0.15, 0.2) is 12.7 Å². The first-order valence-electron chi connectivity index (χ1n) is 3.32. The van der Waals surface area contributed by atoms with Crippen molar-refractivity contribution in [3.05, 3.63) is 12.7 Å². The minimum atomic E-state index is -0.581. The van der Waals surface area contributed by atoms with Gasteiger partial charge in [0.25, 0.3) is 0 Å². The summed E-state index contributed by atoms with van der Waals surface area (Å²) in [5, 5.41) is 17.9. The Bertz CT molecular complexity index is 124. The predicted octanol–water partition coefficient (Wildman–Crippen LogP) is -0.459. The normalized spacial score (nSPS) is 40.0. The Hall–Kier alpha value is -0.380. The van der Waals surface area contributed by atoms with Crippen molar-refractivity contribution in [3.8, 4) is 0 Å². The Labute approximate surface area is 59.9 Å². The molecule has 0 saturated carbocycles. The van der Waals surface area contributed by atoms with Gasteiger partial charge in [0.15, 0.2) is 0 Å². The SMILES string of the molecule is C=CC1COC(CO)C1O. The zero-order valence-corrected chi connectivity index (χ0v) is 5.73. The van der Waals surface area contributed by atoms with Crippen LogP contribution < -0.4 is 0 Å². The molecule has 3 nitrogen and oxygen atoms in total. The highest BCUT2D eigenvalue weighted by atomic mass is 16.5. The molecule has 0 aromatic heterocycles. The fourth-order valence-corrected chi connectivity index (χ4v) is 1.08. The van der Waals surface area contributed by atoms with E-state index in [1.807, 2.05) is 0 Å². The third-order valence-corrected chi connectivity index (χ3v) is 1.81. The van der Waals surface area contributed by atoms with Crippen molar-refractivity contribution in [3.63, 3.8) is 0 Å².